The van der Waals surface area contributed by atoms with Gasteiger partial charge in [0.1, 0.15) is 0 Å². The summed E-state index contributed by atoms with van der Waals surface area (Å²) < 4.78 is 0. The van der Waals surface area contributed by atoms with Gasteiger partial charge in [-0.2, -0.15) is 0 Å². The quantitative estimate of drug-likeness (QED) is 0.782. The van der Waals surface area contributed by atoms with E-state index in [9.17, 15) is 4.79 Å². The molecular formula is C14H20N2O. The molecule has 0 bridgehead atoms. The largest absolute Gasteiger partial charge is 0.370 e. The molecule has 0 aliphatic heterocycles. The molecule has 0 radical (unpaired) electrons. The first-order valence-electron chi connectivity index (χ1n) is 6.20. The zero-order chi connectivity index (χ0) is 12.3. The highest BCUT2D eigenvalue weighted by Crippen LogP contribution is 2.47. The van der Waals surface area contributed by atoms with E-state index in [0.29, 0.717) is 11.8 Å². The third-order valence-electron chi connectivity index (χ3n) is 3.54. The number of primary amides is 1. The summed E-state index contributed by atoms with van der Waals surface area (Å²) >= 11 is 0. The Morgan fingerprint density at radius 2 is 2.06 bits per heavy atom. The van der Waals surface area contributed by atoms with E-state index in [0.717, 1.165) is 6.54 Å². The summed E-state index contributed by atoms with van der Waals surface area (Å²) in [6.07, 6.45) is 2.87. The maximum absolute atomic E-state index is 10.8. The third-order valence-corrected chi connectivity index (χ3v) is 3.54. The molecule has 2 rings (SSSR count). The molecule has 1 aliphatic carbocycles. The van der Waals surface area contributed by atoms with E-state index in [1.54, 1.807) is 0 Å². The molecule has 1 atom stereocenters. The Morgan fingerprint density at radius 3 is 2.59 bits per heavy atom. The molecule has 3 N–H and O–H groups in total. The van der Waals surface area contributed by atoms with Gasteiger partial charge in [0.2, 0.25) is 5.91 Å². The molecule has 0 spiro atoms. The van der Waals surface area contributed by atoms with Crippen LogP contribution in [0.3, 0.4) is 0 Å². The minimum atomic E-state index is -0.241. The normalized spacial score (nSPS) is 18.6. The lowest BCUT2D eigenvalue weighted by molar-refractivity contribution is -0.118. The number of amides is 1. The van der Waals surface area contributed by atoms with Crippen molar-refractivity contribution >= 4 is 5.91 Å². The molecule has 92 valence electrons. The Kier molecular flexibility index (Phi) is 3.48. The summed E-state index contributed by atoms with van der Waals surface area (Å²) in [6.45, 7) is 2.94. The molecule has 1 saturated carbocycles. The smallest absolute Gasteiger partial charge is 0.218 e. The minimum absolute atomic E-state index is 0.161. The van der Waals surface area contributed by atoms with Crippen molar-refractivity contribution < 1.29 is 4.79 Å². The van der Waals surface area contributed by atoms with Crippen LogP contribution >= 0.6 is 0 Å². The van der Waals surface area contributed by atoms with Crippen LogP contribution in [0.1, 0.15) is 31.7 Å². The molecule has 1 aliphatic rings. The van der Waals surface area contributed by atoms with Gasteiger partial charge in [-0.15, -0.1) is 0 Å². The van der Waals surface area contributed by atoms with Crippen LogP contribution in [0.2, 0.25) is 0 Å². The van der Waals surface area contributed by atoms with E-state index >= 15 is 0 Å². The van der Waals surface area contributed by atoms with Crippen LogP contribution in [-0.2, 0) is 10.2 Å². The van der Waals surface area contributed by atoms with Crippen LogP contribution in [0.4, 0.5) is 0 Å². The van der Waals surface area contributed by atoms with Gasteiger partial charge < -0.3 is 11.1 Å². The lowest BCUT2D eigenvalue weighted by Gasteiger charge is -2.19. The molecule has 0 aromatic heterocycles. The van der Waals surface area contributed by atoms with Crippen molar-refractivity contribution in [2.24, 2.45) is 5.73 Å². The van der Waals surface area contributed by atoms with E-state index in [1.165, 1.54) is 18.4 Å². The Hall–Kier alpha value is -1.35. The fraction of sp³-hybridized carbons (Fsp3) is 0.500. The van der Waals surface area contributed by atoms with E-state index < -0.39 is 0 Å². The highest BCUT2D eigenvalue weighted by atomic mass is 16.1. The van der Waals surface area contributed by atoms with Crippen molar-refractivity contribution in [1.82, 2.24) is 5.32 Å². The van der Waals surface area contributed by atoms with Crippen molar-refractivity contribution in [3.05, 3.63) is 35.9 Å². The fourth-order valence-electron chi connectivity index (χ4n) is 2.25. The topological polar surface area (TPSA) is 55.1 Å². The van der Waals surface area contributed by atoms with Crippen molar-refractivity contribution in [2.45, 2.75) is 37.6 Å². The first-order valence-corrected chi connectivity index (χ1v) is 6.20. The standard InChI is InChI=1S/C14H20N2O/c1-11(9-13(15)17)16-10-14(7-8-14)12-5-3-2-4-6-12/h2-6,11,16H,7-10H2,1H3,(H2,15,17)/t11-/m0/s1. The molecular weight excluding hydrogens is 212 g/mol. The van der Waals surface area contributed by atoms with Gasteiger partial charge in [0.05, 0.1) is 0 Å². The maximum atomic E-state index is 10.8. The molecule has 1 fully saturated rings. The molecule has 3 heteroatoms. The van der Waals surface area contributed by atoms with E-state index in [2.05, 4.69) is 29.6 Å². The van der Waals surface area contributed by atoms with Gasteiger partial charge in [0.25, 0.3) is 0 Å². The summed E-state index contributed by atoms with van der Waals surface area (Å²) in [4.78, 5) is 10.8. The molecule has 0 unspecified atom stereocenters. The molecule has 0 heterocycles. The van der Waals surface area contributed by atoms with Gasteiger partial charge in [-0.05, 0) is 25.3 Å². The Bertz CT molecular complexity index is 384. The second kappa shape index (κ2) is 4.88. The number of benzene rings is 1. The Morgan fingerprint density at radius 1 is 1.41 bits per heavy atom. The van der Waals surface area contributed by atoms with Crippen molar-refractivity contribution in [2.75, 3.05) is 6.54 Å². The predicted octanol–water partition coefficient (Wildman–Crippen LogP) is 1.57. The van der Waals surface area contributed by atoms with Crippen molar-refractivity contribution in [3.8, 4) is 0 Å². The summed E-state index contributed by atoms with van der Waals surface area (Å²) in [5.74, 6) is -0.241. The fourth-order valence-corrected chi connectivity index (χ4v) is 2.25. The van der Waals surface area contributed by atoms with Gasteiger partial charge in [-0.25, -0.2) is 0 Å². The molecule has 3 nitrogen and oxygen atoms in total. The van der Waals surface area contributed by atoms with Crippen LogP contribution in [0, 0.1) is 0 Å². The van der Waals surface area contributed by atoms with E-state index in [1.807, 2.05) is 13.0 Å². The lowest BCUT2D eigenvalue weighted by Crippen LogP contribution is -2.36. The molecule has 17 heavy (non-hydrogen) atoms. The first kappa shape index (κ1) is 12.1. The summed E-state index contributed by atoms with van der Waals surface area (Å²) in [6, 6.07) is 10.8. The number of rotatable bonds is 6. The molecule has 1 amide bonds. The van der Waals surface area contributed by atoms with Crippen LogP contribution in [0.25, 0.3) is 0 Å². The van der Waals surface area contributed by atoms with Crippen LogP contribution < -0.4 is 11.1 Å². The molecule has 1 aromatic rings. The Balaban J connectivity index is 1.89. The number of carbonyl (C=O) groups excluding carboxylic acids is 1. The van der Waals surface area contributed by atoms with Crippen LogP contribution in [-0.4, -0.2) is 18.5 Å². The van der Waals surface area contributed by atoms with Crippen molar-refractivity contribution in [1.29, 1.82) is 0 Å². The number of hydrogen-bond acceptors (Lipinski definition) is 2. The first-order chi connectivity index (χ1) is 8.12. The highest BCUT2D eigenvalue weighted by molar-refractivity contribution is 5.74. The number of nitrogens with two attached hydrogens (primary N) is 1. The van der Waals surface area contributed by atoms with Gasteiger partial charge in [0, 0.05) is 24.4 Å². The van der Waals surface area contributed by atoms with E-state index in [4.69, 9.17) is 5.73 Å². The lowest BCUT2D eigenvalue weighted by atomic mass is 9.95. The number of carbonyl (C=O) groups is 1. The second-order valence-corrected chi connectivity index (χ2v) is 5.10. The van der Waals surface area contributed by atoms with Gasteiger partial charge in [-0.1, -0.05) is 30.3 Å². The van der Waals surface area contributed by atoms with Gasteiger partial charge in [-0.3, -0.25) is 4.79 Å². The molecule has 0 saturated heterocycles. The van der Waals surface area contributed by atoms with Crippen molar-refractivity contribution in [3.63, 3.8) is 0 Å². The summed E-state index contributed by atoms with van der Waals surface area (Å²) in [5.41, 5.74) is 6.88. The van der Waals surface area contributed by atoms with Gasteiger partial charge in [0.15, 0.2) is 0 Å². The summed E-state index contributed by atoms with van der Waals surface area (Å²) in [7, 11) is 0. The predicted molar refractivity (Wildman–Crippen MR) is 68.6 cm³/mol. The molecule has 1 aromatic carbocycles. The average molecular weight is 232 g/mol. The second-order valence-electron chi connectivity index (χ2n) is 5.10. The highest BCUT2D eigenvalue weighted by Gasteiger charge is 2.43. The summed E-state index contributed by atoms with van der Waals surface area (Å²) in [5, 5.41) is 3.41. The zero-order valence-electron chi connectivity index (χ0n) is 10.3. The monoisotopic (exact) mass is 232 g/mol. The SMILES string of the molecule is C[C@@H](CC(N)=O)NCC1(c2ccccc2)CC1. The minimum Gasteiger partial charge on any atom is -0.370 e. The number of hydrogen-bond donors (Lipinski definition) is 2. The van der Waals surface area contributed by atoms with Gasteiger partial charge >= 0.3 is 0 Å². The number of nitrogens with one attached hydrogen (secondary N) is 1. The third kappa shape index (κ3) is 3.07. The van der Waals surface area contributed by atoms with Crippen LogP contribution in [0.15, 0.2) is 30.3 Å². The van der Waals surface area contributed by atoms with Crippen LogP contribution in [0.5, 0.6) is 0 Å². The Labute approximate surface area is 102 Å². The van der Waals surface area contributed by atoms with E-state index in [-0.39, 0.29) is 11.9 Å². The average Bonchev–Trinajstić information content (AvgIpc) is 3.08. The maximum Gasteiger partial charge on any atom is 0.218 e. The zero-order valence-corrected chi connectivity index (χ0v) is 10.3.